The van der Waals surface area contributed by atoms with E-state index in [9.17, 15) is 5.11 Å². The molecule has 3 heteroatoms. The Hall–Kier alpha value is -0.120. The van der Waals surface area contributed by atoms with Crippen LogP contribution in [-0.4, -0.2) is 48.5 Å². The zero-order valence-corrected chi connectivity index (χ0v) is 11.1. The molecule has 0 aromatic heterocycles. The van der Waals surface area contributed by atoms with E-state index in [2.05, 4.69) is 18.7 Å². The number of hydrogen-bond donors (Lipinski definition) is 1. The number of aliphatic hydroxyl groups excluding tert-OH is 1. The Morgan fingerprint density at radius 3 is 2.31 bits per heavy atom. The third-order valence-electron chi connectivity index (χ3n) is 3.04. The van der Waals surface area contributed by atoms with E-state index in [1.54, 1.807) is 0 Å². The second-order valence-electron chi connectivity index (χ2n) is 5.70. The summed E-state index contributed by atoms with van der Waals surface area (Å²) in [6, 6.07) is 0. The second-order valence-corrected chi connectivity index (χ2v) is 5.70. The van der Waals surface area contributed by atoms with Gasteiger partial charge in [0.1, 0.15) is 0 Å². The first-order valence-electron chi connectivity index (χ1n) is 6.49. The van der Waals surface area contributed by atoms with Gasteiger partial charge in [-0.2, -0.15) is 0 Å². The van der Waals surface area contributed by atoms with E-state index in [4.69, 9.17) is 4.74 Å². The number of nitrogens with zero attached hydrogens (tertiary/aromatic N) is 1. The van der Waals surface area contributed by atoms with Gasteiger partial charge in [-0.25, -0.2) is 0 Å². The number of ether oxygens (including phenoxy) is 1. The second kappa shape index (κ2) is 6.58. The van der Waals surface area contributed by atoms with E-state index in [1.165, 1.54) is 6.42 Å². The Kier molecular flexibility index (Phi) is 5.73. The number of β-amino-alcohol motifs (C(OH)–C–C–N with tert-alkyl or cyclic N) is 1. The molecule has 1 aliphatic heterocycles. The third kappa shape index (κ3) is 5.28. The van der Waals surface area contributed by atoms with Crippen molar-refractivity contribution < 1.29 is 9.84 Å². The average Bonchev–Trinajstić information content (AvgIpc) is 2.12. The van der Waals surface area contributed by atoms with E-state index in [0.717, 1.165) is 31.5 Å². The molecule has 0 unspecified atom stereocenters. The van der Waals surface area contributed by atoms with Gasteiger partial charge in [0.25, 0.3) is 0 Å². The summed E-state index contributed by atoms with van der Waals surface area (Å²) in [6.07, 6.45) is 1.17. The standard InChI is InChI=1S/C13H27NO2/c1-10(2)16-9-13(15)8-14-6-11(3)5-12(4)7-14/h10-13,15H,5-9H2,1-4H3/t11-,12-,13-/m0/s1. The predicted octanol–water partition coefficient (Wildman–Crippen LogP) is 1.75. The molecular formula is C13H27NO2. The highest BCUT2D eigenvalue weighted by Gasteiger charge is 2.23. The van der Waals surface area contributed by atoms with Gasteiger partial charge in [-0.1, -0.05) is 13.8 Å². The predicted molar refractivity (Wildman–Crippen MR) is 66.5 cm³/mol. The van der Waals surface area contributed by atoms with E-state index in [-0.39, 0.29) is 12.2 Å². The molecule has 3 nitrogen and oxygen atoms in total. The monoisotopic (exact) mass is 229 g/mol. The van der Waals surface area contributed by atoms with Crippen molar-refractivity contribution in [1.82, 2.24) is 4.90 Å². The minimum absolute atomic E-state index is 0.203. The van der Waals surface area contributed by atoms with Gasteiger partial charge in [0.15, 0.2) is 0 Å². The molecule has 1 heterocycles. The summed E-state index contributed by atoms with van der Waals surface area (Å²) in [6.45, 7) is 12.0. The molecule has 1 aliphatic rings. The lowest BCUT2D eigenvalue weighted by Crippen LogP contribution is -2.43. The van der Waals surface area contributed by atoms with Crippen LogP contribution in [0.1, 0.15) is 34.1 Å². The molecule has 0 spiro atoms. The zero-order valence-electron chi connectivity index (χ0n) is 11.1. The van der Waals surface area contributed by atoms with Gasteiger partial charge in [0.2, 0.25) is 0 Å². The molecule has 16 heavy (non-hydrogen) atoms. The minimum Gasteiger partial charge on any atom is -0.389 e. The van der Waals surface area contributed by atoms with Gasteiger partial charge in [-0.05, 0) is 32.1 Å². The molecule has 0 aromatic rings. The lowest BCUT2D eigenvalue weighted by atomic mass is 9.92. The van der Waals surface area contributed by atoms with Crippen LogP contribution in [0.15, 0.2) is 0 Å². The Labute approximate surface area is 99.8 Å². The van der Waals surface area contributed by atoms with Crippen LogP contribution < -0.4 is 0 Å². The molecule has 0 radical (unpaired) electrons. The van der Waals surface area contributed by atoms with E-state index >= 15 is 0 Å². The van der Waals surface area contributed by atoms with Gasteiger partial charge >= 0.3 is 0 Å². The highest BCUT2D eigenvalue weighted by molar-refractivity contribution is 4.76. The molecule has 1 fully saturated rings. The van der Waals surface area contributed by atoms with Crippen LogP contribution in [0.25, 0.3) is 0 Å². The van der Waals surface area contributed by atoms with Crippen LogP contribution in [0.2, 0.25) is 0 Å². The average molecular weight is 229 g/mol. The summed E-state index contributed by atoms with van der Waals surface area (Å²) < 4.78 is 5.42. The Morgan fingerprint density at radius 1 is 1.25 bits per heavy atom. The van der Waals surface area contributed by atoms with Crippen molar-refractivity contribution in [3.63, 3.8) is 0 Å². The van der Waals surface area contributed by atoms with E-state index < -0.39 is 0 Å². The fourth-order valence-electron chi connectivity index (χ4n) is 2.60. The van der Waals surface area contributed by atoms with Gasteiger partial charge in [-0.3, -0.25) is 0 Å². The first-order chi connectivity index (χ1) is 7.47. The number of rotatable bonds is 5. The number of likely N-dealkylation sites (tertiary alicyclic amines) is 1. The van der Waals surface area contributed by atoms with Gasteiger partial charge < -0.3 is 14.7 Å². The molecular weight excluding hydrogens is 202 g/mol. The number of hydrogen-bond acceptors (Lipinski definition) is 3. The first kappa shape index (κ1) is 13.9. The van der Waals surface area contributed by atoms with Crippen LogP contribution >= 0.6 is 0 Å². The van der Waals surface area contributed by atoms with Crippen LogP contribution in [-0.2, 0) is 4.74 Å². The number of piperidine rings is 1. The normalized spacial score (nSPS) is 29.6. The molecule has 0 amide bonds. The lowest BCUT2D eigenvalue weighted by Gasteiger charge is -2.36. The Morgan fingerprint density at radius 2 is 1.81 bits per heavy atom. The maximum absolute atomic E-state index is 9.86. The van der Waals surface area contributed by atoms with Gasteiger partial charge in [0.05, 0.1) is 18.8 Å². The molecule has 0 aliphatic carbocycles. The molecule has 0 aromatic carbocycles. The molecule has 0 saturated carbocycles. The maximum atomic E-state index is 9.86. The summed E-state index contributed by atoms with van der Waals surface area (Å²) in [7, 11) is 0. The molecule has 1 saturated heterocycles. The quantitative estimate of drug-likeness (QED) is 0.779. The van der Waals surface area contributed by atoms with Crippen molar-refractivity contribution in [2.24, 2.45) is 11.8 Å². The SMILES string of the molecule is CC(C)OC[C@@H](O)CN1C[C@@H](C)C[C@H](C)C1. The van der Waals surface area contributed by atoms with Crippen molar-refractivity contribution >= 4 is 0 Å². The summed E-state index contributed by atoms with van der Waals surface area (Å²) in [5.74, 6) is 1.50. The fourth-order valence-corrected chi connectivity index (χ4v) is 2.60. The zero-order chi connectivity index (χ0) is 12.1. The summed E-state index contributed by atoms with van der Waals surface area (Å²) >= 11 is 0. The van der Waals surface area contributed by atoms with E-state index in [1.807, 2.05) is 13.8 Å². The Bertz CT molecular complexity index is 186. The van der Waals surface area contributed by atoms with Gasteiger partial charge in [-0.15, -0.1) is 0 Å². The van der Waals surface area contributed by atoms with Crippen LogP contribution in [0, 0.1) is 11.8 Å². The third-order valence-corrected chi connectivity index (χ3v) is 3.04. The van der Waals surface area contributed by atoms with Crippen LogP contribution in [0.3, 0.4) is 0 Å². The summed E-state index contributed by atoms with van der Waals surface area (Å²) in [5.41, 5.74) is 0. The molecule has 3 atom stereocenters. The van der Waals surface area contributed by atoms with Crippen LogP contribution in [0.5, 0.6) is 0 Å². The number of aliphatic hydroxyl groups is 1. The lowest BCUT2D eigenvalue weighted by molar-refractivity contribution is -0.0164. The van der Waals surface area contributed by atoms with Crippen molar-refractivity contribution in [2.45, 2.75) is 46.3 Å². The fraction of sp³-hybridized carbons (Fsp3) is 1.00. The highest BCUT2D eigenvalue weighted by Crippen LogP contribution is 2.20. The van der Waals surface area contributed by atoms with Gasteiger partial charge in [0, 0.05) is 19.6 Å². The summed E-state index contributed by atoms with van der Waals surface area (Å²) in [4.78, 5) is 2.37. The Balaban J connectivity index is 2.24. The van der Waals surface area contributed by atoms with Crippen molar-refractivity contribution in [3.8, 4) is 0 Å². The minimum atomic E-state index is -0.347. The smallest absolute Gasteiger partial charge is 0.0900 e. The van der Waals surface area contributed by atoms with Crippen molar-refractivity contribution in [1.29, 1.82) is 0 Å². The first-order valence-corrected chi connectivity index (χ1v) is 6.49. The highest BCUT2D eigenvalue weighted by atomic mass is 16.5. The molecule has 1 N–H and O–H groups in total. The molecule has 0 bridgehead atoms. The summed E-state index contributed by atoms with van der Waals surface area (Å²) in [5, 5.41) is 9.86. The molecule has 96 valence electrons. The largest absolute Gasteiger partial charge is 0.389 e. The molecule has 1 rings (SSSR count). The van der Waals surface area contributed by atoms with Crippen molar-refractivity contribution in [3.05, 3.63) is 0 Å². The van der Waals surface area contributed by atoms with Crippen LogP contribution in [0.4, 0.5) is 0 Å². The van der Waals surface area contributed by atoms with E-state index in [0.29, 0.717) is 6.61 Å². The topological polar surface area (TPSA) is 32.7 Å². The maximum Gasteiger partial charge on any atom is 0.0900 e. The van der Waals surface area contributed by atoms with Crippen molar-refractivity contribution in [2.75, 3.05) is 26.2 Å².